The number of hydrogen-bond acceptors (Lipinski definition) is 4. The smallest absolute Gasteiger partial charge is 0.267 e. The minimum Gasteiger partial charge on any atom is -0.321 e. The van der Waals surface area contributed by atoms with Crippen molar-refractivity contribution in [1.82, 2.24) is 9.55 Å². The highest BCUT2D eigenvalue weighted by Gasteiger charge is 2.33. The standard InChI is InChI=1S/C19H15FN4O/c20-14-9-8-12(10-21)15-17(14)23-18(16(22)11-6-7-11)24(19(15)25)13-4-2-1-3-5-13/h1-5,8-9,11,16H,6-7,22H2/t16-/m0/s1. The summed E-state index contributed by atoms with van der Waals surface area (Å²) in [5.74, 6) is -0.0581. The normalized spacial score (nSPS) is 15.1. The van der Waals surface area contributed by atoms with Crippen molar-refractivity contribution < 1.29 is 4.39 Å². The molecule has 4 rings (SSSR count). The topological polar surface area (TPSA) is 84.7 Å². The zero-order chi connectivity index (χ0) is 17.6. The van der Waals surface area contributed by atoms with Gasteiger partial charge in [-0.1, -0.05) is 18.2 Å². The van der Waals surface area contributed by atoms with E-state index in [-0.39, 0.29) is 22.4 Å². The van der Waals surface area contributed by atoms with E-state index in [4.69, 9.17) is 5.73 Å². The predicted octanol–water partition coefficient (Wildman–Crippen LogP) is 2.81. The maximum Gasteiger partial charge on any atom is 0.267 e. The molecule has 1 fully saturated rings. The molecule has 0 saturated heterocycles. The van der Waals surface area contributed by atoms with Gasteiger partial charge in [-0.05, 0) is 43.0 Å². The maximum atomic E-state index is 14.3. The molecule has 1 aromatic heterocycles. The van der Waals surface area contributed by atoms with Crippen LogP contribution in [0.15, 0.2) is 47.3 Å². The van der Waals surface area contributed by atoms with E-state index in [0.717, 1.165) is 18.9 Å². The Hall–Kier alpha value is -3.04. The number of benzene rings is 2. The zero-order valence-electron chi connectivity index (χ0n) is 13.3. The van der Waals surface area contributed by atoms with Crippen molar-refractivity contribution in [3.8, 4) is 11.8 Å². The number of rotatable bonds is 3. The first-order valence-electron chi connectivity index (χ1n) is 8.08. The van der Waals surface area contributed by atoms with E-state index in [2.05, 4.69) is 4.98 Å². The van der Waals surface area contributed by atoms with E-state index in [0.29, 0.717) is 11.5 Å². The Kier molecular flexibility index (Phi) is 3.59. The molecule has 124 valence electrons. The van der Waals surface area contributed by atoms with Gasteiger partial charge in [0.25, 0.3) is 5.56 Å². The molecule has 25 heavy (non-hydrogen) atoms. The second-order valence-electron chi connectivity index (χ2n) is 6.24. The lowest BCUT2D eigenvalue weighted by atomic mass is 10.1. The Morgan fingerprint density at radius 1 is 1.24 bits per heavy atom. The van der Waals surface area contributed by atoms with Gasteiger partial charge in [0.1, 0.15) is 23.2 Å². The van der Waals surface area contributed by atoms with Crippen LogP contribution in [0, 0.1) is 23.1 Å². The number of fused-ring (bicyclic) bond motifs is 1. The highest BCUT2D eigenvalue weighted by atomic mass is 19.1. The Morgan fingerprint density at radius 3 is 2.60 bits per heavy atom. The Balaban J connectivity index is 2.13. The van der Waals surface area contributed by atoms with E-state index in [9.17, 15) is 14.4 Å². The van der Waals surface area contributed by atoms with Crippen LogP contribution < -0.4 is 11.3 Å². The molecule has 1 saturated carbocycles. The first-order valence-corrected chi connectivity index (χ1v) is 8.08. The second kappa shape index (κ2) is 5.80. The van der Waals surface area contributed by atoms with Gasteiger partial charge in [-0.3, -0.25) is 9.36 Å². The second-order valence-corrected chi connectivity index (χ2v) is 6.24. The predicted molar refractivity (Wildman–Crippen MR) is 91.7 cm³/mol. The molecule has 6 heteroatoms. The molecular formula is C19H15FN4O. The molecule has 1 heterocycles. The van der Waals surface area contributed by atoms with E-state index in [1.807, 2.05) is 12.1 Å². The Bertz CT molecular complexity index is 1060. The van der Waals surface area contributed by atoms with Crippen molar-refractivity contribution in [1.29, 1.82) is 5.26 Å². The summed E-state index contributed by atoms with van der Waals surface area (Å²) in [5.41, 5.74) is 6.44. The molecular weight excluding hydrogens is 319 g/mol. The van der Waals surface area contributed by atoms with E-state index >= 15 is 0 Å². The third-order valence-electron chi connectivity index (χ3n) is 4.56. The molecule has 0 radical (unpaired) electrons. The highest BCUT2D eigenvalue weighted by molar-refractivity contribution is 5.84. The van der Waals surface area contributed by atoms with Crippen LogP contribution in [0.2, 0.25) is 0 Å². The van der Waals surface area contributed by atoms with Gasteiger partial charge in [0.15, 0.2) is 0 Å². The molecule has 0 bridgehead atoms. The minimum atomic E-state index is -0.629. The van der Waals surface area contributed by atoms with Gasteiger partial charge in [0.05, 0.1) is 22.7 Å². The maximum absolute atomic E-state index is 14.3. The lowest BCUT2D eigenvalue weighted by Gasteiger charge is -2.18. The highest BCUT2D eigenvalue weighted by Crippen LogP contribution is 2.39. The summed E-state index contributed by atoms with van der Waals surface area (Å²) in [6.45, 7) is 0. The Morgan fingerprint density at radius 2 is 1.96 bits per heavy atom. The van der Waals surface area contributed by atoms with Crippen LogP contribution in [0.1, 0.15) is 30.3 Å². The first kappa shape index (κ1) is 15.5. The molecule has 3 aromatic rings. The van der Waals surface area contributed by atoms with Crippen molar-refractivity contribution >= 4 is 10.9 Å². The monoisotopic (exact) mass is 334 g/mol. The van der Waals surface area contributed by atoms with Gasteiger partial charge in [-0.15, -0.1) is 0 Å². The molecule has 2 N–H and O–H groups in total. The zero-order valence-corrected chi connectivity index (χ0v) is 13.3. The number of para-hydroxylation sites is 1. The van der Waals surface area contributed by atoms with Crippen molar-refractivity contribution in [2.24, 2.45) is 11.7 Å². The fraction of sp³-hybridized carbons (Fsp3) is 0.211. The number of nitriles is 1. The fourth-order valence-corrected chi connectivity index (χ4v) is 3.08. The van der Waals surface area contributed by atoms with Crippen LogP contribution in [-0.2, 0) is 0 Å². The van der Waals surface area contributed by atoms with Crippen molar-refractivity contribution in [3.63, 3.8) is 0 Å². The van der Waals surface area contributed by atoms with Crippen molar-refractivity contribution in [3.05, 3.63) is 70.0 Å². The number of aromatic nitrogens is 2. The van der Waals surface area contributed by atoms with Gasteiger partial charge in [-0.25, -0.2) is 9.37 Å². The van der Waals surface area contributed by atoms with Gasteiger partial charge in [0.2, 0.25) is 0 Å². The Labute approximate surface area is 143 Å². The quantitative estimate of drug-likeness (QED) is 0.798. The third kappa shape index (κ3) is 2.49. The summed E-state index contributed by atoms with van der Waals surface area (Å²) in [6, 6.07) is 12.9. The van der Waals surface area contributed by atoms with Crippen LogP contribution in [0.4, 0.5) is 4.39 Å². The van der Waals surface area contributed by atoms with Gasteiger partial charge < -0.3 is 5.73 Å². The SMILES string of the molecule is N#Cc1ccc(F)c2nc([C@@H](N)C3CC3)n(-c3ccccc3)c(=O)c12. The first-order chi connectivity index (χ1) is 12.1. The summed E-state index contributed by atoms with van der Waals surface area (Å²) < 4.78 is 15.7. The van der Waals surface area contributed by atoms with Crippen molar-refractivity contribution in [2.75, 3.05) is 0 Å². The summed E-state index contributed by atoms with van der Waals surface area (Å²) in [4.78, 5) is 17.6. The van der Waals surface area contributed by atoms with Gasteiger partial charge in [-0.2, -0.15) is 5.26 Å². The molecule has 0 spiro atoms. The van der Waals surface area contributed by atoms with Crippen LogP contribution >= 0.6 is 0 Å². The fourth-order valence-electron chi connectivity index (χ4n) is 3.08. The summed E-state index contributed by atoms with van der Waals surface area (Å²) >= 11 is 0. The molecule has 5 nitrogen and oxygen atoms in total. The number of nitrogens with zero attached hydrogens (tertiary/aromatic N) is 3. The third-order valence-corrected chi connectivity index (χ3v) is 4.56. The molecule has 0 amide bonds. The van der Waals surface area contributed by atoms with Gasteiger partial charge in [0, 0.05) is 0 Å². The summed E-state index contributed by atoms with van der Waals surface area (Å²) in [7, 11) is 0. The molecule has 0 aliphatic heterocycles. The van der Waals surface area contributed by atoms with Crippen LogP contribution in [0.5, 0.6) is 0 Å². The number of hydrogen-bond donors (Lipinski definition) is 1. The lowest BCUT2D eigenvalue weighted by Crippen LogP contribution is -2.30. The van der Waals surface area contributed by atoms with Crippen LogP contribution in [-0.4, -0.2) is 9.55 Å². The van der Waals surface area contributed by atoms with E-state index < -0.39 is 17.4 Å². The molecule has 1 aliphatic rings. The molecule has 1 aliphatic carbocycles. The minimum absolute atomic E-state index is 0.0156. The summed E-state index contributed by atoms with van der Waals surface area (Å²) in [6.07, 6.45) is 1.93. The van der Waals surface area contributed by atoms with Gasteiger partial charge >= 0.3 is 0 Å². The van der Waals surface area contributed by atoms with Crippen molar-refractivity contribution in [2.45, 2.75) is 18.9 Å². The van der Waals surface area contributed by atoms with E-state index in [1.165, 1.54) is 10.6 Å². The average molecular weight is 334 g/mol. The van der Waals surface area contributed by atoms with Crippen LogP contribution in [0.25, 0.3) is 16.6 Å². The summed E-state index contributed by atoms with van der Waals surface area (Å²) in [5, 5.41) is 9.30. The number of halogens is 1. The average Bonchev–Trinajstić information content (AvgIpc) is 3.47. The number of nitrogens with two attached hydrogens (primary N) is 1. The lowest BCUT2D eigenvalue weighted by molar-refractivity contribution is 0.570. The largest absolute Gasteiger partial charge is 0.321 e. The molecule has 2 aromatic carbocycles. The molecule has 0 unspecified atom stereocenters. The van der Waals surface area contributed by atoms with E-state index in [1.54, 1.807) is 24.3 Å². The molecule has 1 atom stereocenters. The van der Waals surface area contributed by atoms with Crippen LogP contribution in [0.3, 0.4) is 0 Å².